The van der Waals surface area contributed by atoms with Crippen LogP contribution in [0.2, 0.25) is 0 Å². The van der Waals surface area contributed by atoms with Gasteiger partial charge in [-0.25, -0.2) is 0 Å². The van der Waals surface area contributed by atoms with E-state index in [1.807, 2.05) is 53.4 Å². The standard InChI is InChI=1S/C24H29N3O2/c28-23(17-19-9-3-1-4-10-19)25-20-11-12-22(26-13-5-2-6-14-26)21(18-20)24(29)27-15-7-8-16-27/h1,3-4,9-12,18H,2,5-8,13-17H2,(H,25,28). The number of piperidine rings is 1. The fourth-order valence-corrected chi connectivity index (χ4v) is 4.27. The molecule has 2 aliphatic rings. The highest BCUT2D eigenvalue weighted by Gasteiger charge is 2.25. The molecule has 0 atom stereocenters. The normalized spacial score (nSPS) is 16.7. The molecule has 5 nitrogen and oxygen atoms in total. The van der Waals surface area contributed by atoms with E-state index in [2.05, 4.69) is 10.2 Å². The van der Waals surface area contributed by atoms with Crippen LogP contribution in [0, 0.1) is 0 Å². The summed E-state index contributed by atoms with van der Waals surface area (Å²) in [5, 5.41) is 2.98. The number of hydrogen-bond acceptors (Lipinski definition) is 3. The number of nitrogens with one attached hydrogen (secondary N) is 1. The van der Waals surface area contributed by atoms with Crippen molar-refractivity contribution in [1.29, 1.82) is 0 Å². The van der Waals surface area contributed by atoms with E-state index >= 15 is 0 Å². The van der Waals surface area contributed by atoms with E-state index in [9.17, 15) is 9.59 Å². The quantitative estimate of drug-likeness (QED) is 0.835. The van der Waals surface area contributed by atoms with Crippen molar-refractivity contribution in [3.8, 4) is 0 Å². The number of anilines is 2. The molecule has 2 aliphatic heterocycles. The van der Waals surface area contributed by atoms with Gasteiger partial charge in [-0.2, -0.15) is 0 Å². The molecule has 0 aromatic heterocycles. The Balaban J connectivity index is 1.55. The number of carbonyl (C=O) groups excluding carboxylic acids is 2. The van der Waals surface area contributed by atoms with Gasteiger partial charge >= 0.3 is 0 Å². The van der Waals surface area contributed by atoms with Gasteiger partial charge in [-0.05, 0) is 55.9 Å². The third kappa shape index (κ3) is 4.78. The predicted octanol–water partition coefficient (Wildman–Crippen LogP) is 4.09. The molecule has 0 aliphatic carbocycles. The summed E-state index contributed by atoms with van der Waals surface area (Å²) < 4.78 is 0. The molecule has 152 valence electrons. The summed E-state index contributed by atoms with van der Waals surface area (Å²) in [4.78, 5) is 30.0. The molecule has 0 unspecified atom stereocenters. The highest BCUT2D eigenvalue weighted by Crippen LogP contribution is 2.29. The average Bonchev–Trinajstić information content (AvgIpc) is 3.29. The van der Waals surface area contributed by atoms with Crippen LogP contribution in [-0.4, -0.2) is 42.9 Å². The average molecular weight is 392 g/mol. The molecule has 0 saturated carbocycles. The number of amides is 2. The Kier molecular flexibility index (Phi) is 6.13. The van der Waals surface area contributed by atoms with Crippen LogP contribution in [-0.2, 0) is 11.2 Å². The first-order valence-electron chi connectivity index (χ1n) is 10.7. The van der Waals surface area contributed by atoms with Gasteiger partial charge in [0.05, 0.1) is 12.0 Å². The third-order valence-electron chi connectivity index (χ3n) is 5.81. The summed E-state index contributed by atoms with van der Waals surface area (Å²) in [5.41, 5.74) is 3.38. The number of rotatable bonds is 5. The molecule has 2 aromatic rings. The minimum Gasteiger partial charge on any atom is -0.371 e. The predicted molar refractivity (Wildman–Crippen MR) is 116 cm³/mol. The van der Waals surface area contributed by atoms with Crippen molar-refractivity contribution in [1.82, 2.24) is 4.90 Å². The van der Waals surface area contributed by atoms with Gasteiger partial charge in [0, 0.05) is 37.6 Å². The van der Waals surface area contributed by atoms with E-state index in [0.717, 1.165) is 63.1 Å². The zero-order valence-corrected chi connectivity index (χ0v) is 16.9. The molecule has 2 saturated heterocycles. The first-order valence-corrected chi connectivity index (χ1v) is 10.7. The molecular formula is C24H29N3O2. The van der Waals surface area contributed by atoms with Crippen LogP contribution in [0.5, 0.6) is 0 Å². The first kappa shape index (κ1) is 19.5. The number of likely N-dealkylation sites (tertiary alicyclic amines) is 1. The van der Waals surface area contributed by atoms with Crippen LogP contribution in [0.15, 0.2) is 48.5 Å². The van der Waals surface area contributed by atoms with Crippen LogP contribution in [0.25, 0.3) is 0 Å². The largest absolute Gasteiger partial charge is 0.371 e. The van der Waals surface area contributed by atoms with Crippen LogP contribution in [0.1, 0.15) is 48.0 Å². The molecule has 0 spiro atoms. The van der Waals surface area contributed by atoms with Crippen molar-refractivity contribution >= 4 is 23.2 Å². The highest BCUT2D eigenvalue weighted by atomic mass is 16.2. The van der Waals surface area contributed by atoms with Gasteiger partial charge in [-0.15, -0.1) is 0 Å². The van der Waals surface area contributed by atoms with Gasteiger partial charge in [-0.3, -0.25) is 9.59 Å². The van der Waals surface area contributed by atoms with Crippen molar-refractivity contribution < 1.29 is 9.59 Å². The Morgan fingerprint density at radius 2 is 1.52 bits per heavy atom. The highest BCUT2D eigenvalue weighted by molar-refractivity contribution is 6.02. The lowest BCUT2D eigenvalue weighted by atomic mass is 10.0. The van der Waals surface area contributed by atoms with E-state index in [-0.39, 0.29) is 11.8 Å². The van der Waals surface area contributed by atoms with Crippen LogP contribution in [0.3, 0.4) is 0 Å². The van der Waals surface area contributed by atoms with E-state index in [4.69, 9.17) is 0 Å². The molecule has 1 N–H and O–H groups in total. The topological polar surface area (TPSA) is 52.7 Å². The van der Waals surface area contributed by atoms with Crippen molar-refractivity contribution in [2.45, 2.75) is 38.5 Å². The lowest BCUT2D eigenvalue weighted by Crippen LogP contribution is -2.34. The summed E-state index contributed by atoms with van der Waals surface area (Å²) in [6, 6.07) is 15.5. The molecule has 0 bridgehead atoms. The Morgan fingerprint density at radius 1 is 0.828 bits per heavy atom. The Labute approximate surface area is 172 Å². The Bertz CT molecular complexity index is 854. The van der Waals surface area contributed by atoms with E-state index in [1.165, 1.54) is 6.42 Å². The zero-order chi connectivity index (χ0) is 20.1. The van der Waals surface area contributed by atoms with Gasteiger partial charge in [0.25, 0.3) is 5.91 Å². The van der Waals surface area contributed by atoms with E-state index in [1.54, 1.807) is 0 Å². The van der Waals surface area contributed by atoms with Gasteiger partial charge in [-0.1, -0.05) is 30.3 Å². The van der Waals surface area contributed by atoms with Crippen molar-refractivity contribution in [3.05, 3.63) is 59.7 Å². The number of benzene rings is 2. The number of carbonyl (C=O) groups is 2. The molecule has 4 rings (SSSR count). The molecule has 2 aromatic carbocycles. The smallest absolute Gasteiger partial charge is 0.256 e. The molecule has 29 heavy (non-hydrogen) atoms. The van der Waals surface area contributed by atoms with Gasteiger partial charge in [0.2, 0.25) is 5.91 Å². The minimum atomic E-state index is -0.0681. The third-order valence-corrected chi connectivity index (χ3v) is 5.81. The van der Waals surface area contributed by atoms with E-state index < -0.39 is 0 Å². The van der Waals surface area contributed by atoms with E-state index in [0.29, 0.717) is 17.7 Å². The molecular weight excluding hydrogens is 362 g/mol. The maximum atomic E-state index is 13.2. The second kappa shape index (κ2) is 9.12. The van der Waals surface area contributed by atoms with Gasteiger partial charge in [0.1, 0.15) is 0 Å². The number of hydrogen-bond donors (Lipinski definition) is 1. The van der Waals surface area contributed by atoms with Crippen molar-refractivity contribution in [3.63, 3.8) is 0 Å². The fourth-order valence-electron chi connectivity index (χ4n) is 4.27. The summed E-state index contributed by atoms with van der Waals surface area (Å²) in [6.45, 7) is 3.62. The zero-order valence-electron chi connectivity index (χ0n) is 16.9. The summed E-state index contributed by atoms with van der Waals surface area (Å²) >= 11 is 0. The maximum Gasteiger partial charge on any atom is 0.256 e. The minimum absolute atomic E-state index is 0.0681. The lowest BCUT2D eigenvalue weighted by molar-refractivity contribution is -0.115. The Hall–Kier alpha value is -2.82. The van der Waals surface area contributed by atoms with Crippen molar-refractivity contribution in [2.24, 2.45) is 0 Å². The fraction of sp³-hybridized carbons (Fsp3) is 0.417. The number of nitrogens with zero attached hydrogens (tertiary/aromatic N) is 2. The monoisotopic (exact) mass is 391 g/mol. The van der Waals surface area contributed by atoms with Crippen LogP contribution < -0.4 is 10.2 Å². The second-order valence-corrected chi connectivity index (χ2v) is 7.99. The first-order chi connectivity index (χ1) is 14.2. The second-order valence-electron chi connectivity index (χ2n) is 7.99. The van der Waals surface area contributed by atoms with Crippen LogP contribution >= 0.6 is 0 Å². The summed E-state index contributed by atoms with van der Waals surface area (Å²) in [6.07, 6.45) is 6.03. The van der Waals surface area contributed by atoms with Gasteiger partial charge < -0.3 is 15.1 Å². The molecule has 2 fully saturated rings. The molecule has 0 radical (unpaired) electrons. The lowest BCUT2D eigenvalue weighted by Gasteiger charge is -2.31. The van der Waals surface area contributed by atoms with Crippen molar-refractivity contribution in [2.75, 3.05) is 36.4 Å². The van der Waals surface area contributed by atoms with Crippen LogP contribution in [0.4, 0.5) is 11.4 Å². The maximum absolute atomic E-state index is 13.2. The molecule has 2 amide bonds. The Morgan fingerprint density at radius 3 is 2.24 bits per heavy atom. The molecule has 2 heterocycles. The summed E-state index contributed by atoms with van der Waals surface area (Å²) in [7, 11) is 0. The summed E-state index contributed by atoms with van der Waals surface area (Å²) in [5.74, 6) is 0.0173. The van der Waals surface area contributed by atoms with Gasteiger partial charge in [0.15, 0.2) is 0 Å². The molecule has 5 heteroatoms. The SMILES string of the molecule is O=C(Cc1ccccc1)Nc1ccc(N2CCCCC2)c(C(=O)N2CCCC2)c1.